The Hall–Kier alpha value is -1.17. The molecule has 0 fully saturated rings. The molecular formula is C54H105NO4. The van der Waals surface area contributed by atoms with Crippen molar-refractivity contribution in [3.63, 3.8) is 0 Å². The van der Waals surface area contributed by atoms with E-state index in [0.717, 1.165) is 32.1 Å². The lowest BCUT2D eigenvalue weighted by molar-refractivity contribution is -0.124. The molecule has 5 nitrogen and oxygen atoms in total. The first-order valence-corrected chi connectivity index (χ1v) is 26.6. The third kappa shape index (κ3) is 46.2. The molecule has 0 aliphatic carbocycles. The summed E-state index contributed by atoms with van der Waals surface area (Å²) >= 11 is 0. The highest BCUT2D eigenvalue weighted by molar-refractivity contribution is 5.76. The number of carbonyl (C=O) groups is 1. The van der Waals surface area contributed by atoms with E-state index in [1.54, 1.807) is 6.08 Å². The van der Waals surface area contributed by atoms with Crippen molar-refractivity contribution in [3.8, 4) is 0 Å². The van der Waals surface area contributed by atoms with Crippen LogP contribution in [0.25, 0.3) is 0 Å². The smallest absolute Gasteiger partial charge is 0.222 e. The normalized spacial score (nSPS) is 13.5. The van der Waals surface area contributed by atoms with Gasteiger partial charge >= 0.3 is 0 Å². The van der Waals surface area contributed by atoms with Crippen molar-refractivity contribution in [1.29, 1.82) is 0 Å². The Labute approximate surface area is 369 Å². The van der Waals surface area contributed by atoms with Gasteiger partial charge in [-0.3, -0.25) is 4.79 Å². The molecule has 0 spiro atoms. The molecule has 0 radical (unpaired) electrons. The highest BCUT2D eigenvalue weighted by Gasteiger charge is 2.20. The van der Waals surface area contributed by atoms with Crippen LogP contribution in [-0.2, 0) is 4.79 Å². The molecule has 0 aromatic heterocycles. The van der Waals surface area contributed by atoms with Gasteiger partial charge in [0, 0.05) is 0 Å². The topological polar surface area (TPSA) is 89.8 Å². The Morgan fingerprint density at radius 2 is 0.729 bits per heavy atom. The number of amides is 1. The Balaban J connectivity index is 3.51. The van der Waals surface area contributed by atoms with Crippen molar-refractivity contribution in [3.05, 3.63) is 24.3 Å². The number of hydrogen-bond acceptors (Lipinski definition) is 4. The Morgan fingerprint density at radius 1 is 0.424 bits per heavy atom. The van der Waals surface area contributed by atoms with Crippen molar-refractivity contribution >= 4 is 5.91 Å². The molecule has 1 amide bonds. The molecule has 3 unspecified atom stereocenters. The first-order chi connectivity index (χ1) is 29.0. The highest BCUT2D eigenvalue weighted by atomic mass is 16.3. The van der Waals surface area contributed by atoms with Crippen LogP contribution >= 0.6 is 0 Å². The van der Waals surface area contributed by atoms with E-state index in [1.807, 2.05) is 6.08 Å². The molecule has 0 heterocycles. The summed E-state index contributed by atoms with van der Waals surface area (Å²) in [7, 11) is 0. The molecule has 350 valence electrons. The number of rotatable bonds is 49. The van der Waals surface area contributed by atoms with Gasteiger partial charge in [-0.15, -0.1) is 0 Å². The third-order valence-electron chi connectivity index (χ3n) is 12.5. The van der Waals surface area contributed by atoms with E-state index in [9.17, 15) is 20.1 Å². The minimum Gasteiger partial charge on any atom is -0.394 e. The summed E-state index contributed by atoms with van der Waals surface area (Å²) in [6, 6.07) is -0.758. The van der Waals surface area contributed by atoms with Crippen LogP contribution in [0.3, 0.4) is 0 Å². The van der Waals surface area contributed by atoms with Gasteiger partial charge in [-0.25, -0.2) is 0 Å². The summed E-state index contributed by atoms with van der Waals surface area (Å²) in [5.41, 5.74) is 0. The van der Waals surface area contributed by atoms with Gasteiger partial charge in [0.2, 0.25) is 5.91 Å². The zero-order valence-electron chi connectivity index (χ0n) is 39.9. The standard InChI is InChI=1S/C54H105NO4/c1-3-5-7-9-11-13-15-17-19-20-21-22-23-24-25-26-27-28-29-30-31-32-33-34-35-37-39-41-43-45-47-51(57)49-54(59)55-52(50-56)53(58)48-46-44-42-40-38-36-18-16-14-12-10-8-6-4-2/h38,40,46,48,51-53,56-58H,3-37,39,41-45,47,49-50H2,1-2H3,(H,55,59)/b40-38+,48-46+. The highest BCUT2D eigenvalue weighted by Crippen LogP contribution is 2.17. The summed E-state index contributed by atoms with van der Waals surface area (Å²) in [5, 5.41) is 33.3. The first kappa shape index (κ1) is 57.8. The summed E-state index contributed by atoms with van der Waals surface area (Å²) in [6.45, 7) is 4.22. The number of hydrogen-bond donors (Lipinski definition) is 4. The molecule has 3 atom stereocenters. The Bertz CT molecular complexity index is 874. The molecule has 0 rings (SSSR count). The zero-order chi connectivity index (χ0) is 43.0. The fourth-order valence-electron chi connectivity index (χ4n) is 8.42. The van der Waals surface area contributed by atoms with Crippen molar-refractivity contribution in [1.82, 2.24) is 5.32 Å². The summed E-state index contributed by atoms with van der Waals surface area (Å²) in [4.78, 5) is 12.5. The summed E-state index contributed by atoms with van der Waals surface area (Å²) < 4.78 is 0. The van der Waals surface area contributed by atoms with Crippen LogP contribution < -0.4 is 5.32 Å². The van der Waals surface area contributed by atoms with Crippen molar-refractivity contribution in [2.24, 2.45) is 0 Å². The largest absolute Gasteiger partial charge is 0.394 e. The number of allylic oxidation sites excluding steroid dienone is 3. The molecule has 0 aromatic carbocycles. The van der Waals surface area contributed by atoms with Gasteiger partial charge < -0.3 is 20.6 Å². The molecule has 0 bridgehead atoms. The third-order valence-corrected chi connectivity index (χ3v) is 12.5. The summed E-state index contributed by atoms with van der Waals surface area (Å²) in [6.07, 6.45) is 62.3. The number of unbranched alkanes of at least 4 members (excludes halogenated alkanes) is 38. The van der Waals surface area contributed by atoms with Crippen LogP contribution in [0.5, 0.6) is 0 Å². The second kappa shape index (κ2) is 49.5. The van der Waals surface area contributed by atoms with Crippen LogP contribution in [0.15, 0.2) is 24.3 Å². The lowest BCUT2D eigenvalue weighted by Gasteiger charge is -2.21. The maximum absolute atomic E-state index is 12.5. The monoisotopic (exact) mass is 832 g/mol. The maximum atomic E-state index is 12.5. The van der Waals surface area contributed by atoms with Crippen molar-refractivity contribution < 1.29 is 20.1 Å². The lowest BCUT2D eigenvalue weighted by atomic mass is 10.0. The Kier molecular flexibility index (Phi) is 48.5. The fraction of sp³-hybridized carbons (Fsp3) is 0.907. The van der Waals surface area contributed by atoms with Gasteiger partial charge in [-0.2, -0.15) is 0 Å². The first-order valence-electron chi connectivity index (χ1n) is 26.6. The molecule has 0 saturated heterocycles. The van der Waals surface area contributed by atoms with E-state index in [4.69, 9.17) is 0 Å². The van der Waals surface area contributed by atoms with E-state index in [-0.39, 0.29) is 18.9 Å². The average molecular weight is 832 g/mol. The quantitative estimate of drug-likeness (QED) is 0.0363. The van der Waals surface area contributed by atoms with Crippen LogP contribution in [0.2, 0.25) is 0 Å². The van der Waals surface area contributed by atoms with E-state index in [1.165, 1.54) is 231 Å². The molecule has 0 aliphatic heterocycles. The SMILES string of the molecule is CCCCCCCCCC/C=C/CC/C=C/C(O)C(CO)NC(=O)CC(O)CCCCCCCCCCCCCCCCCCCCCCCCCCCCCCCC. The average Bonchev–Trinajstić information content (AvgIpc) is 3.23. The molecule has 0 saturated carbocycles. The number of carbonyl (C=O) groups excluding carboxylic acids is 1. The minimum absolute atomic E-state index is 0.0101. The van der Waals surface area contributed by atoms with Crippen LogP contribution in [-0.4, -0.2) is 46.1 Å². The molecule has 0 aliphatic rings. The molecular weight excluding hydrogens is 727 g/mol. The van der Waals surface area contributed by atoms with Gasteiger partial charge in [0.25, 0.3) is 0 Å². The van der Waals surface area contributed by atoms with Crippen LogP contribution in [0, 0.1) is 0 Å². The van der Waals surface area contributed by atoms with E-state index < -0.39 is 18.2 Å². The van der Waals surface area contributed by atoms with Crippen molar-refractivity contribution in [2.75, 3.05) is 6.61 Å². The van der Waals surface area contributed by atoms with E-state index in [0.29, 0.717) is 6.42 Å². The van der Waals surface area contributed by atoms with Gasteiger partial charge in [-0.1, -0.05) is 276 Å². The minimum atomic E-state index is -0.949. The predicted molar refractivity (Wildman–Crippen MR) is 259 cm³/mol. The number of nitrogens with one attached hydrogen (secondary N) is 1. The van der Waals surface area contributed by atoms with Gasteiger partial charge in [0.15, 0.2) is 0 Å². The number of aliphatic hydroxyl groups excluding tert-OH is 3. The van der Waals surface area contributed by atoms with Gasteiger partial charge in [-0.05, 0) is 32.1 Å². The zero-order valence-corrected chi connectivity index (χ0v) is 39.9. The lowest BCUT2D eigenvalue weighted by Crippen LogP contribution is -2.45. The molecule has 59 heavy (non-hydrogen) atoms. The second-order valence-corrected chi connectivity index (χ2v) is 18.5. The predicted octanol–water partition coefficient (Wildman–Crippen LogP) is 16.1. The fourth-order valence-corrected chi connectivity index (χ4v) is 8.42. The van der Waals surface area contributed by atoms with Gasteiger partial charge in [0.05, 0.1) is 31.3 Å². The van der Waals surface area contributed by atoms with E-state index >= 15 is 0 Å². The summed E-state index contributed by atoms with van der Waals surface area (Å²) in [5.74, 6) is -0.321. The van der Waals surface area contributed by atoms with Crippen molar-refractivity contribution in [2.45, 2.75) is 308 Å². The Morgan fingerprint density at radius 3 is 1.08 bits per heavy atom. The van der Waals surface area contributed by atoms with E-state index in [2.05, 4.69) is 31.3 Å². The number of aliphatic hydroxyl groups is 3. The molecule has 5 heteroatoms. The van der Waals surface area contributed by atoms with Crippen LogP contribution in [0.4, 0.5) is 0 Å². The maximum Gasteiger partial charge on any atom is 0.222 e. The second-order valence-electron chi connectivity index (χ2n) is 18.5. The van der Waals surface area contributed by atoms with Crippen LogP contribution in [0.1, 0.15) is 290 Å². The molecule has 4 N–H and O–H groups in total. The molecule has 0 aromatic rings. The van der Waals surface area contributed by atoms with Gasteiger partial charge in [0.1, 0.15) is 0 Å².